The lowest BCUT2D eigenvalue weighted by Gasteiger charge is -2.05. The third-order valence-electron chi connectivity index (χ3n) is 4.00. The number of carbonyl (C=O) groups excluding carboxylic acids is 1. The van der Waals surface area contributed by atoms with Crippen molar-refractivity contribution in [2.45, 2.75) is 6.92 Å². The van der Waals surface area contributed by atoms with Gasteiger partial charge in [-0.2, -0.15) is 5.10 Å². The van der Waals surface area contributed by atoms with Gasteiger partial charge in [-0.15, -0.1) is 0 Å². The van der Waals surface area contributed by atoms with Crippen molar-refractivity contribution < 1.29 is 4.79 Å². The molecular weight excluding hydrogens is 300 g/mol. The molecule has 0 aliphatic carbocycles. The smallest absolute Gasteiger partial charge is 0.257 e. The molecule has 2 N–H and O–H groups in total. The Balaban J connectivity index is 1.65. The van der Waals surface area contributed by atoms with Crippen LogP contribution in [-0.2, 0) is 0 Å². The lowest BCUT2D eigenvalue weighted by Crippen LogP contribution is -2.12. The Labute approximate surface area is 138 Å². The van der Waals surface area contributed by atoms with Crippen molar-refractivity contribution in [1.29, 1.82) is 0 Å². The Kier molecular flexibility index (Phi) is 3.39. The van der Waals surface area contributed by atoms with E-state index in [1.807, 2.05) is 73.9 Å². The number of amides is 1. The van der Waals surface area contributed by atoms with Crippen LogP contribution in [0.4, 0.5) is 5.69 Å². The maximum absolute atomic E-state index is 12.7. The van der Waals surface area contributed by atoms with Crippen LogP contribution in [0, 0.1) is 6.92 Å². The second-order valence-corrected chi connectivity index (χ2v) is 5.61. The molecule has 4 aromatic rings. The number of benzene rings is 2. The molecule has 24 heavy (non-hydrogen) atoms. The van der Waals surface area contributed by atoms with E-state index in [0.29, 0.717) is 11.3 Å². The molecule has 0 saturated heterocycles. The molecule has 1 amide bonds. The summed E-state index contributed by atoms with van der Waals surface area (Å²) in [6.45, 7) is 1.88. The van der Waals surface area contributed by atoms with Crippen LogP contribution in [0.2, 0.25) is 0 Å². The normalized spacial score (nSPS) is 10.9. The number of para-hydroxylation sites is 2. The Morgan fingerprint density at radius 3 is 2.75 bits per heavy atom. The van der Waals surface area contributed by atoms with Gasteiger partial charge in [0.1, 0.15) is 0 Å². The predicted octanol–water partition coefficient (Wildman–Crippen LogP) is 3.91. The van der Waals surface area contributed by atoms with Crippen LogP contribution in [0.15, 0.2) is 67.0 Å². The lowest BCUT2D eigenvalue weighted by molar-refractivity contribution is 0.102. The van der Waals surface area contributed by atoms with Crippen molar-refractivity contribution in [2.24, 2.45) is 0 Å². The summed E-state index contributed by atoms with van der Waals surface area (Å²) >= 11 is 0. The standard InChI is InChI=1S/C19H16N4O/c1-13-17(12-23(22-13)15-7-3-2-4-8-15)21-19(24)16-9-5-6-14-10-11-20-18(14)16/h2-12,20H,1H3,(H,21,24). The van der Waals surface area contributed by atoms with Crippen molar-refractivity contribution in [3.63, 3.8) is 0 Å². The summed E-state index contributed by atoms with van der Waals surface area (Å²) in [6.07, 6.45) is 3.66. The summed E-state index contributed by atoms with van der Waals surface area (Å²) < 4.78 is 1.76. The highest BCUT2D eigenvalue weighted by Crippen LogP contribution is 2.21. The molecule has 2 aromatic heterocycles. The highest BCUT2D eigenvalue weighted by Gasteiger charge is 2.14. The first-order chi connectivity index (χ1) is 11.7. The van der Waals surface area contributed by atoms with E-state index >= 15 is 0 Å². The van der Waals surface area contributed by atoms with Crippen LogP contribution < -0.4 is 5.32 Å². The third-order valence-corrected chi connectivity index (χ3v) is 4.00. The van der Waals surface area contributed by atoms with Crippen molar-refractivity contribution in [2.75, 3.05) is 5.32 Å². The van der Waals surface area contributed by atoms with E-state index in [1.54, 1.807) is 4.68 Å². The third kappa shape index (κ3) is 2.46. The van der Waals surface area contributed by atoms with Crippen LogP contribution in [-0.4, -0.2) is 20.7 Å². The van der Waals surface area contributed by atoms with Crippen LogP contribution in [0.25, 0.3) is 16.6 Å². The van der Waals surface area contributed by atoms with Gasteiger partial charge in [-0.3, -0.25) is 4.79 Å². The summed E-state index contributed by atoms with van der Waals surface area (Å²) in [7, 11) is 0. The molecule has 2 aromatic carbocycles. The Hall–Kier alpha value is -3.34. The van der Waals surface area contributed by atoms with E-state index in [9.17, 15) is 4.79 Å². The number of aryl methyl sites for hydroxylation is 1. The van der Waals surface area contributed by atoms with Gasteiger partial charge < -0.3 is 10.3 Å². The molecule has 5 heteroatoms. The number of hydrogen-bond donors (Lipinski definition) is 2. The average Bonchev–Trinajstić information content (AvgIpc) is 3.22. The zero-order valence-electron chi connectivity index (χ0n) is 13.2. The van der Waals surface area contributed by atoms with E-state index in [4.69, 9.17) is 0 Å². The molecule has 5 nitrogen and oxygen atoms in total. The van der Waals surface area contributed by atoms with Gasteiger partial charge in [-0.05, 0) is 31.2 Å². The molecule has 4 rings (SSSR count). The molecule has 0 unspecified atom stereocenters. The molecular formula is C19H16N4O. The molecule has 118 valence electrons. The number of fused-ring (bicyclic) bond motifs is 1. The number of nitrogens with one attached hydrogen (secondary N) is 2. The van der Waals surface area contributed by atoms with Gasteiger partial charge in [0.2, 0.25) is 0 Å². The van der Waals surface area contributed by atoms with Crippen LogP contribution >= 0.6 is 0 Å². The monoisotopic (exact) mass is 316 g/mol. The average molecular weight is 316 g/mol. The number of anilines is 1. The first-order valence-electron chi connectivity index (χ1n) is 7.71. The fourth-order valence-corrected chi connectivity index (χ4v) is 2.76. The van der Waals surface area contributed by atoms with Crippen molar-refractivity contribution in [3.8, 4) is 5.69 Å². The largest absolute Gasteiger partial charge is 0.361 e. The highest BCUT2D eigenvalue weighted by molar-refractivity contribution is 6.12. The van der Waals surface area contributed by atoms with E-state index in [2.05, 4.69) is 15.4 Å². The SMILES string of the molecule is Cc1nn(-c2ccccc2)cc1NC(=O)c1cccc2cc[nH]c12. The first kappa shape index (κ1) is 14.3. The number of carbonyl (C=O) groups is 1. The summed E-state index contributed by atoms with van der Waals surface area (Å²) in [4.78, 5) is 15.8. The predicted molar refractivity (Wildman–Crippen MR) is 94.6 cm³/mol. The summed E-state index contributed by atoms with van der Waals surface area (Å²) in [6, 6.07) is 17.4. The number of aromatic amines is 1. The fourth-order valence-electron chi connectivity index (χ4n) is 2.76. The second kappa shape index (κ2) is 5.70. The molecule has 0 aliphatic heterocycles. The lowest BCUT2D eigenvalue weighted by atomic mass is 10.1. The molecule has 2 heterocycles. The van der Waals surface area contributed by atoms with Gasteiger partial charge in [-0.25, -0.2) is 4.68 Å². The summed E-state index contributed by atoms with van der Waals surface area (Å²) in [5.41, 5.74) is 3.87. The number of rotatable bonds is 3. The maximum Gasteiger partial charge on any atom is 0.257 e. The minimum absolute atomic E-state index is 0.154. The summed E-state index contributed by atoms with van der Waals surface area (Å²) in [5.74, 6) is -0.154. The Bertz CT molecular complexity index is 1010. The van der Waals surface area contributed by atoms with Gasteiger partial charge in [0, 0.05) is 11.6 Å². The van der Waals surface area contributed by atoms with Crippen molar-refractivity contribution in [1.82, 2.24) is 14.8 Å². The Morgan fingerprint density at radius 1 is 1.08 bits per heavy atom. The number of nitrogens with zero attached hydrogens (tertiary/aromatic N) is 2. The van der Waals surface area contributed by atoms with Gasteiger partial charge in [0.15, 0.2) is 0 Å². The van der Waals surface area contributed by atoms with Crippen LogP contribution in [0.3, 0.4) is 0 Å². The molecule has 0 bridgehead atoms. The van der Waals surface area contributed by atoms with E-state index in [-0.39, 0.29) is 5.91 Å². The van der Waals surface area contributed by atoms with Crippen molar-refractivity contribution in [3.05, 3.63) is 78.2 Å². The zero-order chi connectivity index (χ0) is 16.5. The van der Waals surface area contributed by atoms with Gasteiger partial charge in [-0.1, -0.05) is 30.3 Å². The van der Waals surface area contributed by atoms with Gasteiger partial charge in [0.25, 0.3) is 5.91 Å². The van der Waals surface area contributed by atoms with E-state index < -0.39 is 0 Å². The molecule has 0 radical (unpaired) electrons. The van der Waals surface area contributed by atoms with E-state index in [0.717, 1.165) is 22.3 Å². The van der Waals surface area contributed by atoms with Crippen molar-refractivity contribution >= 4 is 22.5 Å². The van der Waals surface area contributed by atoms with Gasteiger partial charge >= 0.3 is 0 Å². The zero-order valence-corrected chi connectivity index (χ0v) is 13.2. The first-order valence-corrected chi connectivity index (χ1v) is 7.71. The fraction of sp³-hybridized carbons (Fsp3) is 0.0526. The van der Waals surface area contributed by atoms with E-state index in [1.165, 1.54) is 0 Å². The Morgan fingerprint density at radius 2 is 1.92 bits per heavy atom. The minimum atomic E-state index is -0.154. The summed E-state index contributed by atoms with van der Waals surface area (Å²) in [5, 5.41) is 8.44. The second-order valence-electron chi connectivity index (χ2n) is 5.61. The molecule has 0 fully saturated rings. The molecule has 0 atom stereocenters. The highest BCUT2D eigenvalue weighted by atomic mass is 16.1. The van der Waals surface area contributed by atoms with Crippen LogP contribution in [0.1, 0.15) is 16.1 Å². The molecule has 0 aliphatic rings. The quantitative estimate of drug-likeness (QED) is 0.602. The van der Waals surface area contributed by atoms with Gasteiger partial charge in [0.05, 0.1) is 34.3 Å². The number of aromatic nitrogens is 3. The number of hydrogen-bond acceptors (Lipinski definition) is 2. The minimum Gasteiger partial charge on any atom is -0.361 e. The van der Waals surface area contributed by atoms with Crippen LogP contribution in [0.5, 0.6) is 0 Å². The maximum atomic E-state index is 12.7. The number of H-pyrrole nitrogens is 1. The molecule has 0 saturated carbocycles. The topological polar surface area (TPSA) is 62.7 Å². The molecule has 0 spiro atoms.